The average Bonchev–Trinajstić information content (AvgIpc) is 2.86. The first-order valence-corrected chi connectivity index (χ1v) is 11.4. The first-order chi connectivity index (χ1) is 15.3. The topological polar surface area (TPSA) is 0 Å². The quantitative estimate of drug-likeness (QED) is 0.267. The summed E-state index contributed by atoms with van der Waals surface area (Å²) in [6.07, 6.45) is 3.28. The SMILES string of the molecule is BrC1(c2ccccc2)C(c2ccccc2)=CCC(c2ccccc2)=C1c1ccccc1. The molecule has 0 saturated heterocycles. The molecule has 0 spiro atoms. The van der Waals surface area contributed by atoms with Crippen LogP contribution in [0.25, 0.3) is 16.7 Å². The number of benzene rings is 4. The van der Waals surface area contributed by atoms with E-state index in [1.165, 1.54) is 39.0 Å². The van der Waals surface area contributed by atoms with E-state index in [4.69, 9.17) is 0 Å². The second-order valence-corrected chi connectivity index (χ2v) is 8.99. The lowest BCUT2D eigenvalue weighted by atomic mass is 9.71. The Morgan fingerprint density at radius 1 is 0.516 bits per heavy atom. The van der Waals surface area contributed by atoms with Gasteiger partial charge in [-0.15, -0.1) is 0 Å². The van der Waals surface area contributed by atoms with Gasteiger partial charge in [0.1, 0.15) is 4.32 Å². The van der Waals surface area contributed by atoms with Gasteiger partial charge in [0.05, 0.1) is 0 Å². The summed E-state index contributed by atoms with van der Waals surface area (Å²) >= 11 is 4.32. The summed E-state index contributed by atoms with van der Waals surface area (Å²) in [5, 5.41) is 0. The van der Waals surface area contributed by atoms with Gasteiger partial charge in [0.25, 0.3) is 0 Å². The molecule has 4 aromatic rings. The Hall–Kier alpha value is -3.16. The Morgan fingerprint density at radius 3 is 1.52 bits per heavy atom. The van der Waals surface area contributed by atoms with Crippen molar-refractivity contribution in [1.29, 1.82) is 0 Å². The van der Waals surface area contributed by atoms with E-state index in [1.807, 2.05) is 0 Å². The van der Waals surface area contributed by atoms with Gasteiger partial charge >= 0.3 is 0 Å². The zero-order chi connectivity index (χ0) is 21.1. The van der Waals surface area contributed by atoms with E-state index in [1.54, 1.807) is 0 Å². The molecule has 1 aliphatic rings. The van der Waals surface area contributed by atoms with Gasteiger partial charge in [-0.05, 0) is 45.4 Å². The largest absolute Gasteiger partial charge is 0.102 e. The van der Waals surface area contributed by atoms with Gasteiger partial charge in [0, 0.05) is 0 Å². The molecule has 0 aliphatic heterocycles. The molecule has 31 heavy (non-hydrogen) atoms. The third-order valence-corrected chi connectivity index (χ3v) is 7.25. The van der Waals surface area contributed by atoms with Gasteiger partial charge in [-0.3, -0.25) is 0 Å². The van der Waals surface area contributed by atoms with Gasteiger partial charge < -0.3 is 0 Å². The first-order valence-electron chi connectivity index (χ1n) is 10.6. The van der Waals surface area contributed by atoms with Gasteiger partial charge in [-0.25, -0.2) is 0 Å². The molecule has 1 unspecified atom stereocenters. The molecule has 0 nitrogen and oxygen atoms in total. The Morgan fingerprint density at radius 2 is 0.968 bits per heavy atom. The van der Waals surface area contributed by atoms with Crippen LogP contribution in [0, 0.1) is 0 Å². The number of hydrogen-bond acceptors (Lipinski definition) is 0. The van der Waals surface area contributed by atoms with E-state index in [0.717, 1.165) is 6.42 Å². The van der Waals surface area contributed by atoms with Crippen LogP contribution in [0.2, 0.25) is 0 Å². The zero-order valence-electron chi connectivity index (χ0n) is 17.2. The highest BCUT2D eigenvalue weighted by atomic mass is 79.9. The molecule has 1 aliphatic carbocycles. The Labute approximate surface area is 192 Å². The number of allylic oxidation sites excluding steroid dienone is 4. The molecule has 0 amide bonds. The second kappa shape index (κ2) is 8.53. The second-order valence-electron chi connectivity index (χ2n) is 7.80. The van der Waals surface area contributed by atoms with Crippen molar-refractivity contribution in [2.45, 2.75) is 10.7 Å². The minimum Gasteiger partial charge on any atom is -0.0742 e. The normalized spacial score (nSPS) is 18.5. The maximum absolute atomic E-state index is 4.32. The van der Waals surface area contributed by atoms with Crippen LogP contribution in [0.5, 0.6) is 0 Å². The molecule has 0 aromatic heterocycles. The summed E-state index contributed by atoms with van der Waals surface area (Å²) in [4.78, 5) is 0. The Kier molecular flexibility index (Phi) is 5.44. The van der Waals surface area contributed by atoms with Crippen LogP contribution in [0.3, 0.4) is 0 Å². The summed E-state index contributed by atoms with van der Waals surface area (Å²) in [6.45, 7) is 0. The highest BCUT2D eigenvalue weighted by Gasteiger charge is 2.42. The summed E-state index contributed by atoms with van der Waals surface area (Å²) in [6, 6.07) is 43.1. The minimum atomic E-state index is -0.458. The molecule has 0 heterocycles. The molecule has 0 N–H and O–H groups in total. The molecule has 1 atom stereocenters. The molecule has 1 heteroatoms. The summed E-state index contributed by atoms with van der Waals surface area (Å²) in [5.41, 5.74) is 8.94. The van der Waals surface area contributed by atoms with Crippen molar-refractivity contribution in [3.05, 3.63) is 150 Å². The monoisotopic (exact) mass is 462 g/mol. The average molecular weight is 463 g/mol. The molecule has 150 valence electrons. The fourth-order valence-corrected chi connectivity index (χ4v) is 5.69. The Bertz CT molecular complexity index is 1220. The van der Waals surface area contributed by atoms with Gasteiger partial charge in [0.2, 0.25) is 0 Å². The van der Waals surface area contributed by atoms with Crippen molar-refractivity contribution < 1.29 is 0 Å². The van der Waals surface area contributed by atoms with Crippen molar-refractivity contribution in [1.82, 2.24) is 0 Å². The van der Waals surface area contributed by atoms with E-state index in [9.17, 15) is 0 Å². The van der Waals surface area contributed by atoms with Crippen LogP contribution in [-0.4, -0.2) is 0 Å². The van der Waals surface area contributed by atoms with E-state index in [-0.39, 0.29) is 0 Å². The van der Waals surface area contributed by atoms with Gasteiger partial charge in [-0.1, -0.05) is 143 Å². The lowest BCUT2D eigenvalue weighted by molar-refractivity contribution is 1.03. The molecule has 5 rings (SSSR count). The number of hydrogen-bond donors (Lipinski definition) is 0. The molecule has 0 bridgehead atoms. The van der Waals surface area contributed by atoms with Crippen molar-refractivity contribution in [2.75, 3.05) is 0 Å². The summed E-state index contributed by atoms with van der Waals surface area (Å²) in [7, 11) is 0. The summed E-state index contributed by atoms with van der Waals surface area (Å²) in [5.74, 6) is 0. The molecule has 0 fully saturated rings. The third-order valence-electron chi connectivity index (χ3n) is 5.97. The van der Waals surface area contributed by atoms with Crippen molar-refractivity contribution in [2.24, 2.45) is 0 Å². The highest BCUT2D eigenvalue weighted by Crippen LogP contribution is 2.58. The minimum absolute atomic E-state index is 0.458. The van der Waals surface area contributed by atoms with Crippen LogP contribution < -0.4 is 0 Å². The van der Waals surface area contributed by atoms with Gasteiger partial charge in [-0.2, -0.15) is 0 Å². The maximum atomic E-state index is 4.32. The van der Waals surface area contributed by atoms with Crippen LogP contribution >= 0.6 is 15.9 Å². The van der Waals surface area contributed by atoms with E-state index < -0.39 is 4.32 Å². The summed E-state index contributed by atoms with van der Waals surface area (Å²) < 4.78 is -0.458. The van der Waals surface area contributed by atoms with Crippen LogP contribution in [0.15, 0.2) is 127 Å². The standard InChI is InChI=1S/C30H23Br/c31-30(26-19-11-4-12-20-26)28(24-15-7-2-8-16-24)22-21-27(23-13-5-1-6-14-23)29(30)25-17-9-3-10-18-25/h1-20,22H,21H2. The molecule has 0 saturated carbocycles. The number of rotatable bonds is 4. The Balaban J connectivity index is 1.84. The maximum Gasteiger partial charge on any atom is 0.102 e. The van der Waals surface area contributed by atoms with Crippen LogP contribution in [0.4, 0.5) is 0 Å². The van der Waals surface area contributed by atoms with Crippen molar-refractivity contribution in [3.63, 3.8) is 0 Å². The smallest absolute Gasteiger partial charge is 0.0742 e. The van der Waals surface area contributed by atoms with Gasteiger partial charge in [0.15, 0.2) is 0 Å². The van der Waals surface area contributed by atoms with Crippen LogP contribution in [0.1, 0.15) is 28.7 Å². The van der Waals surface area contributed by atoms with Crippen LogP contribution in [-0.2, 0) is 4.32 Å². The van der Waals surface area contributed by atoms with E-state index in [0.29, 0.717) is 0 Å². The predicted molar refractivity (Wildman–Crippen MR) is 136 cm³/mol. The number of halogens is 1. The molecule has 0 radical (unpaired) electrons. The first kappa shape index (κ1) is 19.8. The fraction of sp³-hybridized carbons (Fsp3) is 0.0667. The lowest BCUT2D eigenvalue weighted by Crippen LogP contribution is -2.26. The molecular formula is C30H23Br. The number of alkyl halides is 1. The fourth-order valence-electron chi connectivity index (χ4n) is 4.57. The lowest BCUT2D eigenvalue weighted by Gasteiger charge is -2.39. The van der Waals surface area contributed by atoms with E-state index >= 15 is 0 Å². The predicted octanol–water partition coefficient (Wildman–Crippen LogP) is 8.38. The highest BCUT2D eigenvalue weighted by molar-refractivity contribution is 9.10. The zero-order valence-corrected chi connectivity index (χ0v) is 18.8. The molecule has 4 aromatic carbocycles. The van der Waals surface area contributed by atoms with E-state index in [2.05, 4.69) is 143 Å². The van der Waals surface area contributed by atoms with Crippen molar-refractivity contribution in [3.8, 4) is 0 Å². The third kappa shape index (κ3) is 3.60. The van der Waals surface area contributed by atoms with Crippen molar-refractivity contribution >= 4 is 32.6 Å². The molecular weight excluding hydrogens is 440 g/mol.